The number of halogens is 1. The Balaban J connectivity index is 1.86. The fourth-order valence-corrected chi connectivity index (χ4v) is 3.27. The van der Waals surface area contributed by atoms with E-state index in [9.17, 15) is 0 Å². The summed E-state index contributed by atoms with van der Waals surface area (Å²) < 4.78 is 3.33. The molecule has 3 heteroatoms. The second kappa shape index (κ2) is 6.62. The van der Waals surface area contributed by atoms with Crippen LogP contribution in [0.4, 0.5) is 0 Å². The van der Waals surface area contributed by atoms with Gasteiger partial charge < -0.3 is 0 Å². The second-order valence-electron chi connectivity index (χ2n) is 5.83. The molecule has 0 saturated carbocycles. The Labute approximate surface area is 150 Å². The van der Waals surface area contributed by atoms with Crippen molar-refractivity contribution in [2.75, 3.05) is 0 Å². The molecule has 2 nitrogen and oxygen atoms in total. The minimum atomic E-state index is 0.979. The van der Waals surface area contributed by atoms with E-state index >= 15 is 0 Å². The van der Waals surface area contributed by atoms with Gasteiger partial charge in [0.05, 0.1) is 11.4 Å². The lowest BCUT2D eigenvalue weighted by Gasteiger charge is -2.14. The molecular weight excluding hydrogens is 360 g/mol. The molecule has 2 aromatic carbocycles. The number of hydrogen-bond donors (Lipinski definition) is 0. The van der Waals surface area contributed by atoms with E-state index in [4.69, 9.17) is 5.10 Å². The summed E-state index contributed by atoms with van der Waals surface area (Å²) in [4.78, 5) is 0. The number of hydrogen-bond acceptors (Lipinski definition) is 1. The summed E-state index contributed by atoms with van der Waals surface area (Å²) in [6.45, 7) is 0. The molecule has 24 heavy (non-hydrogen) atoms. The quantitative estimate of drug-likeness (QED) is 0.537. The zero-order chi connectivity index (χ0) is 16.4. The molecule has 1 aromatic heterocycles. The van der Waals surface area contributed by atoms with Gasteiger partial charge in [-0.2, -0.15) is 5.10 Å². The first-order chi connectivity index (χ1) is 11.8. The van der Waals surface area contributed by atoms with E-state index in [1.807, 2.05) is 12.1 Å². The summed E-state index contributed by atoms with van der Waals surface area (Å²) in [5, 5.41) is 4.91. The Morgan fingerprint density at radius 3 is 2.08 bits per heavy atom. The van der Waals surface area contributed by atoms with E-state index in [0.29, 0.717) is 0 Å². The molecule has 1 aliphatic rings. The van der Waals surface area contributed by atoms with Gasteiger partial charge in [0.15, 0.2) is 0 Å². The molecule has 0 atom stereocenters. The number of nitrogens with zero attached hydrogens (tertiary/aromatic N) is 2. The predicted molar refractivity (Wildman–Crippen MR) is 104 cm³/mol. The highest BCUT2D eigenvalue weighted by atomic mass is 79.9. The highest BCUT2D eigenvalue weighted by Gasteiger charge is 2.15. The average molecular weight is 377 g/mol. The predicted octanol–water partition coefficient (Wildman–Crippen LogP) is 6.13. The monoisotopic (exact) mass is 376 g/mol. The van der Waals surface area contributed by atoms with Crippen LogP contribution in [0.5, 0.6) is 0 Å². The highest BCUT2D eigenvalue weighted by molar-refractivity contribution is 9.11. The third-order valence-corrected chi connectivity index (χ3v) is 4.86. The maximum Gasteiger partial charge on any atom is 0.0934 e. The molecule has 0 bridgehead atoms. The van der Waals surface area contributed by atoms with Crippen LogP contribution in [0, 0.1) is 0 Å². The fourth-order valence-electron chi connectivity index (χ4n) is 2.94. The topological polar surface area (TPSA) is 17.8 Å². The highest BCUT2D eigenvalue weighted by Crippen LogP contribution is 2.32. The lowest BCUT2D eigenvalue weighted by molar-refractivity contribution is 0.845. The zero-order valence-electron chi connectivity index (χ0n) is 13.2. The lowest BCUT2D eigenvalue weighted by atomic mass is 10.1. The van der Waals surface area contributed by atoms with Crippen LogP contribution in [-0.2, 0) is 0 Å². The van der Waals surface area contributed by atoms with Gasteiger partial charge in [0.1, 0.15) is 0 Å². The minimum absolute atomic E-state index is 0.979. The van der Waals surface area contributed by atoms with Gasteiger partial charge in [0.25, 0.3) is 0 Å². The molecule has 3 aromatic rings. The van der Waals surface area contributed by atoms with Gasteiger partial charge in [0.2, 0.25) is 0 Å². The van der Waals surface area contributed by atoms with E-state index in [1.54, 1.807) is 0 Å². The van der Waals surface area contributed by atoms with Crippen molar-refractivity contribution in [3.05, 3.63) is 83.4 Å². The summed E-state index contributed by atoms with van der Waals surface area (Å²) in [6.07, 6.45) is 6.27. The third kappa shape index (κ3) is 3.00. The van der Waals surface area contributed by atoms with Gasteiger partial charge in [-0.1, -0.05) is 82.7 Å². The Hall–Kier alpha value is -2.39. The molecule has 1 heterocycles. The largest absolute Gasteiger partial charge is 0.237 e. The van der Waals surface area contributed by atoms with Crippen molar-refractivity contribution in [1.82, 2.24) is 9.78 Å². The minimum Gasteiger partial charge on any atom is -0.237 e. The number of aromatic nitrogens is 2. The van der Waals surface area contributed by atoms with Crippen molar-refractivity contribution >= 4 is 21.6 Å². The first kappa shape index (κ1) is 15.2. The Kier molecular flexibility index (Phi) is 4.18. The van der Waals surface area contributed by atoms with Crippen LogP contribution < -0.4 is 0 Å². The van der Waals surface area contributed by atoms with Crippen LogP contribution in [0.3, 0.4) is 0 Å². The number of rotatable bonds is 3. The maximum atomic E-state index is 4.91. The standard InChI is InChI=1S/C21H17BrN2/c22-18-11-13-19(14-12-18)24-21(17-9-5-2-6-10-17)15-20(23-24)16-7-3-1-4-8-16/h1-11,13,15H,12,14H2. The average Bonchev–Trinajstić information content (AvgIpc) is 3.09. The van der Waals surface area contributed by atoms with Gasteiger partial charge in [-0.25, -0.2) is 4.68 Å². The lowest BCUT2D eigenvalue weighted by Crippen LogP contribution is -2.04. The normalized spacial score (nSPS) is 14.2. The molecule has 0 N–H and O–H groups in total. The number of benzene rings is 2. The smallest absolute Gasteiger partial charge is 0.0934 e. The summed E-state index contributed by atoms with van der Waals surface area (Å²) in [5.74, 6) is 0. The molecule has 0 amide bonds. The molecular formula is C21H17BrN2. The second-order valence-corrected chi connectivity index (χ2v) is 6.85. The van der Waals surface area contributed by atoms with E-state index in [0.717, 1.165) is 29.8 Å². The van der Waals surface area contributed by atoms with Gasteiger partial charge in [-0.3, -0.25) is 0 Å². The molecule has 0 unspecified atom stereocenters. The van der Waals surface area contributed by atoms with Crippen LogP contribution in [0.25, 0.3) is 28.2 Å². The van der Waals surface area contributed by atoms with Gasteiger partial charge in [-0.15, -0.1) is 0 Å². The van der Waals surface area contributed by atoms with Crippen molar-refractivity contribution in [2.45, 2.75) is 12.8 Å². The summed E-state index contributed by atoms with van der Waals surface area (Å²) in [6, 6.07) is 23.0. The van der Waals surface area contributed by atoms with Crippen molar-refractivity contribution in [3.8, 4) is 22.5 Å². The third-order valence-electron chi connectivity index (χ3n) is 4.20. The molecule has 118 valence electrons. The van der Waals surface area contributed by atoms with Crippen LogP contribution in [0.2, 0.25) is 0 Å². The van der Waals surface area contributed by atoms with E-state index in [1.165, 1.54) is 15.7 Å². The Morgan fingerprint density at radius 1 is 0.792 bits per heavy atom. The van der Waals surface area contributed by atoms with Crippen LogP contribution >= 0.6 is 15.9 Å². The Bertz CT molecular complexity index is 906. The molecule has 0 fully saturated rings. The van der Waals surface area contributed by atoms with E-state index in [-0.39, 0.29) is 0 Å². The molecule has 0 spiro atoms. The summed E-state index contributed by atoms with van der Waals surface area (Å²) >= 11 is 3.58. The van der Waals surface area contributed by atoms with Crippen LogP contribution in [0.1, 0.15) is 12.8 Å². The van der Waals surface area contributed by atoms with Crippen molar-refractivity contribution in [2.24, 2.45) is 0 Å². The van der Waals surface area contributed by atoms with Crippen molar-refractivity contribution in [3.63, 3.8) is 0 Å². The maximum absolute atomic E-state index is 4.91. The summed E-state index contributed by atoms with van der Waals surface area (Å²) in [5.41, 5.74) is 5.68. The molecule has 0 aliphatic heterocycles. The van der Waals surface area contributed by atoms with Gasteiger partial charge in [0, 0.05) is 16.8 Å². The first-order valence-corrected chi connectivity index (χ1v) is 8.87. The first-order valence-electron chi connectivity index (χ1n) is 8.08. The molecule has 4 rings (SSSR count). The zero-order valence-corrected chi connectivity index (χ0v) is 14.8. The van der Waals surface area contributed by atoms with E-state index < -0.39 is 0 Å². The number of allylic oxidation sites excluding steroid dienone is 4. The molecule has 0 saturated heterocycles. The summed E-state index contributed by atoms with van der Waals surface area (Å²) in [7, 11) is 0. The van der Waals surface area contributed by atoms with Crippen LogP contribution in [0.15, 0.2) is 83.4 Å². The van der Waals surface area contributed by atoms with E-state index in [2.05, 4.69) is 87.4 Å². The SMILES string of the molecule is BrC1=CC=C(n2nc(-c3ccccc3)cc2-c2ccccc2)CC1. The van der Waals surface area contributed by atoms with Crippen molar-refractivity contribution in [1.29, 1.82) is 0 Å². The van der Waals surface area contributed by atoms with Gasteiger partial charge in [-0.05, 0) is 29.5 Å². The Morgan fingerprint density at radius 2 is 1.46 bits per heavy atom. The van der Waals surface area contributed by atoms with Crippen molar-refractivity contribution < 1.29 is 0 Å². The van der Waals surface area contributed by atoms with Gasteiger partial charge >= 0.3 is 0 Å². The molecule has 0 radical (unpaired) electrons. The fraction of sp³-hybridized carbons (Fsp3) is 0.0952. The van der Waals surface area contributed by atoms with Crippen LogP contribution in [-0.4, -0.2) is 9.78 Å². The molecule has 1 aliphatic carbocycles.